The predicted molar refractivity (Wildman–Crippen MR) is 29.4 cm³/mol. The second kappa shape index (κ2) is 6.88. The predicted octanol–water partition coefficient (Wildman–Crippen LogP) is 2.25. The number of hydrogen-bond acceptors (Lipinski definition) is 0. The van der Waals surface area contributed by atoms with Crippen LogP contribution < -0.4 is 0 Å². The molecular weight excluding hydrogens is 163 g/mol. The topological polar surface area (TPSA) is 0 Å². The first-order valence-corrected chi connectivity index (χ1v) is 2.56. The van der Waals surface area contributed by atoms with Gasteiger partial charge in [-0.3, -0.25) is 0 Å². The minimum Gasteiger partial charge on any atom is -0.343 e. The van der Waals surface area contributed by atoms with Crippen LogP contribution in [-0.4, -0.2) is 0 Å². The van der Waals surface area contributed by atoms with Gasteiger partial charge in [0, 0.05) is 26.2 Å². The van der Waals surface area contributed by atoms with Gasteiger partial charge in [-0.2, -0.15) is 6.42 Å². The second-order valence-corrected chi connectivity index (χ2v) is 2.04. The van der Waals surface area contributed by atoms with Crippen LogP contribution in [0.2, 0.25) is 0 Å². The number of rotatable bonds is 2. The molecule has 0 fully saturated rings. The Balaban J connectivity index is 0. The van der Waals surface area contributed by atoms with E-state index in [4.69, 9.17) is 0 Å². The van der Waals surface area contributed by atoms with Crippen molar-refractivity contribution in [2.45, 2.75) is 26.7 Å². The summed E-state index contributed by atoms with van der Waals surface area (Å²) in [7, 11) is 0. The Bertz CT molecular complexity index is 25.4. The average molecular weight is 176 g/mol. The molecule has 0 nitrogen and oxygen atoms in total. The average Bonchev–Trinajstić information content (AvgIpc) is 1.35. The van der Waals surface area contributed by atoms with Crippen LogP contribution in [0.1, 0.15) is 26.7 Å². The zero-order valence-corrected chi connectivity index (χ0v) is 7.66. The molecule has 0 saturated heterocycles. The van der Waals surface area contributed by atoms with Gasteiger partial charge in [0.1, 0.15) is 0 Å². The van der Waals surface area contributed by atoms with E-state index >= 15 is 0 Å². The maximum Gasteiger partial charge on any atom is 0 e. The molecule has 0 aromatic rings. The van der Waals surface area contributed by atoms with Crippen molar-refractivity contribution in [2.24, 2.45) is 5.92 Å². The summed E-state index contributed by atoms with van der Waals surface area (Å²) < 4.78 is 0. The molecule has 0 amide bonds. The van der Waals surface area contributed by atoms with Crippen LogP contribution in [0.3, 0.4) is 0 Å². The van der Waals surface area contributed by atoms with Gasteiger partial charge >= 0.3 is 0 Å². The fourth-order valence-electron chi connectivity index (χ4n) is 0.408. The first-order chi connectivity index (χ1) is 2.77. The van der Waals surface area contributed by atoms with Gasteiger partial charge in [0.25, 0.3) is 0 Å². The Kier molecular flexibility index (Phi) is 10.6. The Labute approximate surface area is 65.8 Å². The Hall–Kier alpha value is 0.883. The van der Waals surface area contributed by atoms with Crippen molar-refractivity contribution in [3.05, 3.63) is 6.92 Å². The maximum atomic E-state index is 3.73. The molecule has 0 saturated carbocycles. The van der Waals surface area contributed by atoms with Crippen molar-refractivity contribution in [3.8, 4) is 0 Å². The molecule has 0 unspecified atom stereocenters. The van der Waals surface area contributed by atoms with E-state index < -0.39 is 0 Å². The van der Waals surface area contributed by atoms with Crippen molar-refractivity contribution in [2.75, 3.05) is 0 Å². The van der Waals surface area contributed by atoms with Crippen molar-refractivity contribution in [1.29, 1.82) is 0 Å². The molecule has 0 rings (SSSR count). The standard InChI is InChI=1S/C6H13.Zr/c1-4-5-6(2)3;/h6H,1,4-5H2,2-3H3;/q-1;. The first-order valence-electron chi connectivity index (χ1n) is 2.56. The fourth-order valence-corrected chi connectivity index (χ4v) is 0.408. The van der Waals surface area contributed by atoms with Gasteiger partial charge < -0.3 is 6.92 Å². The van der Waals surface area contributed by atoms with E-state index in [1.165, 1.54) is 6.42 Å². The molecule has 0 spiro atoms. The Morgan fingerprint density at radius 3 is 1.86 bits per heavy atom. The maximum absolute atomic E-state index is 3.73. The molecule has 0 heterocycles. The molecule has 42 valence electrons. The third kappa shape index (κ3) is 10.9. The molecule has 7 heavy (non-hydrogen) atoms. The van der Waals surface area contributed by atoms with Gasteiger partial charge in [-0.05, 0) is 5.92 Å². The zero-order chi connectivity index (χ0) is 4.99. The molecule has 0 aliphatic rings. The molecule has 0 aromatic carbocycles. The van der Waals surface area contributed by atoms with Crippen molar-refractivity contribution in [1.82, 2.24) is 0 Å². The fraction of sp³-hybridized carbons (Fsp3) is 0.833. The molecule has 0 aliphatic heterocycles. The van der Waals surface area contributed by atoms with E-state index in [0.717, 1.165) is 12.3 Å². The molecule has 0 aromatic heterocycles. The van der Waals surface area contributed by atoms with Crippen molar-refractivity contribution < 1.29 is 26.2 Å². The summed E-state index contributed by atoms with van der Waals surface area (Å²) in [6, 6.07) is 0. The van der Waals surface area contributed by atoms with Gasteiger partial charge in [-0.25, -0.2) is 0 Å². The molecule has 0 N–H and O–H groups in total. The van der Waals surface area contributed by atoms with Crippen LogP contribution in [0.4, 0.5) is 0 Å². The molecule has 0 bridgehead atoms. The van der Waals surface area contributed by atoms with Crippen molar-refractivity contribution in [3.63, 3.8) is 0 Å². The third-order valence-electron chi connectivity index (χ3n) is 0.781. The second-order valence-electron chi connectivity index (χ2n) is 2.04. The summed E-state index contributed by atoms with van der Waals surface area (Å²) in [5.41, 5.74) is 0. The molecule has 0 aliphatic carbocycles. The summed E-state index contributed by atoms with van der Waals surface area (Å²) in [5.74, 6) is 0.836. The summed E-state index contributed by atoms with van der Waals surface area (Å²) in [4.78, 5) is 0. The van der Waals surface area contributed by atoms with E-state index in [-0.39, 0.29) is 26.2 Å². The quantitative estimate of drug-likeness (QED) is 0.566. The van der Waals surface area contributed by atoms with Crippen LogP contribution in [0.15, 0.2) is 0 Å². The summed E-state index contributed by atoms with van der Waals surface area (Å²) in [6.07, 6.45) is 2.34. The van der Waals surface area contributed by atoms with E-state index in [9.17, 15) is 0 Å². The Morgan fingerprint density at radius 1 is 1.43 bits per heavy atom. The first kappa shape index (κ1) is 10.8. The SMILES string of the molecule is [CH2-]CCC(C)C.[Zr]. The van der Waals surface area contributed by atoms with Crippen LogP contribution in [0, 0.1) is 12.8 Å². The van der Waals surface area contributed by atoms with E-state index in [1.807, 2.05) is 0 Å². The summed E-state index contributed by atoms with van der Waals surface area (Å²) in [6.45, 7) is 8.15. The van der Waals surface area contributed by atoms with Gasteiger partial charge in [-0.15, -0.1) is 0 Å². The van der Waals surface area contributed by atoms with Crippen LogP contribution in [0.25, 0.3) is 0 Å². The van der Waals surface area contributed by atoms with Crippen LogP contribution >= 0.6 is 0 Å². The van der Waals surface area contributed by atoms with Crippen LogP contribution in [0.5, 0.6) is 0 Å². The molecule has 0 atom stereocenters. The third-order valence-corrected chi connectivity index (χ3v) is 0.781. The zero-order valence-electron chi connectivity index (χ0n) is 5.20. The summed E-state index contributed by atoms with van der Waals surface area (Å²) in [5, 5.41) is 0. The molecular formula is C6H13Zr-. The normalized spacial score (nSPS) is 8.57. The monoisotopic (exact) mass is 175 g/mol. The minimum atomic E-state index is 0. The molecule has 1 heteroatoms. The minimum absolute atomic E-state index is 0. The smallest absolute Gasteiger partial charge is 0 e. The van der Waals surface area contributed by atoms with E-state index in [2.05, 4.69) is 20.8 Å². The number of hydrogen-bond donors (Lipinski definition) is 0. The molecule has 0 radical (unpaired) electrons. The van der Waals surface area contributed by atoms with Crippen molar-refractivity contribution >= 4 is 0 Å². The van der Waals surface area contributed by atoms with Gasteiger partial charge in [0.15, 0.2) is 0 Å². The van der Waals surface area contributed by atoms with Gasteiger partial charge in [-0.1, -0.05) is 20.3 Å². The Morgan fingerprint density at radius 2 is 1.86 bits per heavy atom. The van der Waals surface area contributed by atoms with E-state index in [1.54, 1.807) is 0 Å². The van der Waals surface area contributed by atoms with Gasteiger partial charge in [0.2, 0.25) is 0 Å². The van der Waals surface area contributed by atoms with Crippen LogP contribution in [-0.2, 0) is 26.2 Å². The largest absolute Gasteiger partial charge is 0.343 e. The van der Waals surface area contributed by atoms with Gasteiger partial charge in [0.05, 0.1) is 0 Å². The summed E-state index contributed by atoms with van der Waals surface area (Å²) >= 11 is 0. The van der Waals surface area contributed by atoms with E-state index in [0.29, 0.717) is 0 Å².